The maximum Gasteiger partial charge on any atom is 0.401 e. The lowest BCUT2D eigenvalue weighted by Gasteiger charge is -2.48. The smallest absolute Gasteiger partial charge is 0.391 e. The number of imide groups is 1. The van der Waals surface area contributed by atoms with E-state index in [-0.39, 0.29) is 75.3 Å². The third kappa shape index (κ3) is 11.0. The van der Waals surface area contributed by atoms with Crippen molar-refractivity contribution in [2.45, 2.75) is 135 Å². The summed E-state index contributed by atoms with van der Waals surface area (Å²) < 4.78 is 15.5. The van der Waals surface area contributed by atoms with Gasteiger partial charge in [-0.2, -0.15) is 0 Å². The van der Waals surface area contributed by atoms with Gasteiger partial charge in [0.1, 0.15) is 11.5 Å². The van der Waals surface area contributed by atoms with E-state index in [0.717, 1.165) is 80.1 Å². The van der Waals surface area contributed by atoms with Gasteiger partial charge in [-0.1, -0.05) is 20.4 Å². The number of nitrogens with zero attached hydrogens (tertiary/aromatic N) is 10. The standard InChI is InChI=1S/C60H76N13O9P/c1-10-52(75)63-45-28-39(62-54-58(79)66(9)34-51(64-54)72-20-11-12-47(53(72)37(4)74)71-25-24-70-48(57(71)78)27-38-31-59(5,6)32-49(38)70)13-16-46(45)69-23-22-67(33-36(69)3)40-18-21-68(35(2)26-40)41-14-15-43-44(29-41)56(77)73(55(43)76)42-17-19-61-50(30-42)60(7,8)65-83(80,81)82/h10,13-17,19,27-30,34-37,40,47,53,74H,1,11-12,18,20-26,31-33H2,2-9H3,(H,62,64)(H,63,75)(H3,65,80,81,82)/t35-,36+,37+,40?,47-,53-/m1/s1. The predicted molar refractivity (Wildman–Crippen MR) is 319 cm³/mol. The lowest BCUT2D eigenvalue weighted by Crippen LogP contribution is -2.62. The van der Waals surface area contributed by atoms with Gasteiger partial charge in [0.15, 0.2) is 5.82 Å². The van der Waals surface area contributed by atoms with Gasteiger partial charge in [-0.15, -0.1) is 0 Å². The molecule has 83 heavy (non-hydrogen) atoms. The number of benzene rings is 2. The zero-order valence-corrected chi connectivity index (χ0v) is 49.4. The molecule has 4 amide bonds. The molecule has 6 atom stereocenters. The first kappa shape index (κ1) is 57.6. The highest BCUT2D eigenvalue weighted by molar-refractivity contribution is 7.49. The highest BCUT2D eigenvalue weighted by Crippen LogP contribution is 2.42. The summed E-state index contributed by atoms with van der Waals surface area (Å²) in [6.45, 7) is 22.2. The minimum absolute atomic E-state index is 0.0163. The number of anilines is 7. The number of piperazine rings is 1. The SMILES string of the molecule is C=CC(=O)Nc1cc(Nc2nc(N3CCC[C@@H](N4CCn5c(cc6c5CC(C)(C)C6)C4=O)[C@H]3[C@H](C)O)cn(C)c2=O)ccc1N1CCN(C2CCN(c3ccc4c(c3)C(=O)N(c3ccnc(C(C)(C)NP(=O)(O)O)c3)C4=O)[C@H](C)C2)C[C@@H]1C. The topological polar surface area (TPSA) is 254 Å². The molecule has 0 saturated carbocycles. The van der Waals surface area contributed by atoms with E-state index in [1.807, 2.05) is 28.0 Å². The van der Waals surface area contributed by atoms with Crippen molar-refractivity contribution < 1.29 is 38.6 Å². The second-order valence-corrected chi connectivity index (χ2v) is 26.1. The number of hydrogen-bond donors (Lipinski definition) is 6. The van der Waals surface area contributed by atoms with Crippen LogP contribution < -0.4 is 40.9 Å². The molecular formula is C60H76N13O9P. The van der Waals surface area contributed by atoms with Crippen LogP contribution in [0.4, 0.5) is 40.1 Å². The Morgan fingerprint density at radius 2 is 1.61 bits per heavy atom. The molecule has 22 nitrogen and oxygen atoms in total. The van der Waals surface area contributed by atoms with Crippen LogP contribution >= 0.6 is 7.75 Å². The summed E-state index contributed by atoms with van der Waals surface area (Å²) in [5.74, 6) is -0.816. The van der Waals surface area contributed by atoms with Crippen molar-refractivity contribution in [2.24, 2.45) is 12.5 Å². The summed E-state index contributed by atoms with van der Waals surface area (Å²) in [6.07, 6.45) is 8.59. The molecule has 1 unspecified atom stereocenters. The van der Waals surface area contributed by atoms with Crippen LogP contribution in [0.2, 0.25) is 0 Å². The minimum Gasteiger partial charge on any atom is -0.391 e. The van der Waals surface area contributed by atoms with Gasteiger partial charge in [-0.25, -0.2) is 19.5 Å². The van der Waals surface area contributed by atoms with Crippen LogP contribution in [-0.2, 0) is 41.3 Å². The molecule has 0 spiro atoms. The number of nitrogens with one attached hydrogen (secondary N) is 3. The quantitative estimate of drug-likeness (QED) is 0.0415. The maximum absolute atomic E-state index is 14.3. The normalized spacial score (nSPS) is 23.3. The van der Waals surface area contributed by atoms with Crippen molar-refractivity contribution in [3.63, 3.8) is 0 Å². The number of rotatable bonds is 14. The number of amides is 4. The Balaban J connectivity index is 0.754. The van der Waals surface area contributed by atoms with Gasteiger partial charge in [-0.05, 0) is 145 Å². The summed E-state index contributed by atoms with van der Waals surface area (Å²) in [5, 5.41) is 20.1. The van der Waals surface area contributed by atoms with Gasteiger partial charge in [0, 0.05) is 100 Å². The number of fused-ring (bicyclic) bond motifs is 4. The van der Waals surface area contributed by atoms with Crippen molar-refractivity contribution in [2.75, 3.05) is 69.5 Å². The molecule has 0 radical (unpaired) electrons. The van der Waals surface area contributed by atoms with Gasteiger partial charge in [-0.3, -0.25) is 33.9 Å². The van der Waals surface area contributed by atoms with E-state index >= 15 is 0 Å². The predicted octanol–water partition coefficient (Wildman–Crippen LogP) is 6.13. The Morgan fingerprint density at radius 1 is 0.855 bits per heavy atom. The summed E-state index contributed by atoms with van der Waals surface area (Å²) in [6, 6.07) is 15.7. The molecule has 3 saturated heterocycles. The van der Waals surface area contributed by atoms with E-state index in [1.165, 1.54) is 40.2 Å². The number of aliphatic hydroxyl groups excluding tert-OH is 1. The molecule has 2 aromatic carbocycles. The number of aliphatic hydroxyl groups is 1. The third-order valence-corrected chi connectivity index (χ3v) is 18.7. The lowest BCUT2D eigenvalue weighted by molar-refractivity contribution is -0.111. The van der Waals surface area contributed by atoms with Crippen molar-refractivity contribution >= 4 is 71.4 Å². The van der Waals surface area contributed by atoms with E-state index in [4.69, 9.17) is 4.98 Å². The van der Waals surface area contributed by atoms with Gasteiger partial charge in [0.05, 0.1) is 57.6 Å². The second kappa shape index (κ2) is 21.8. The van der Waals surface area contributed by atoms with E-state index in [0.29, 0.717) is 43.4 Å². The molecule has 5 aromatic rings. The number of pyridine rings is 1. The fourth-order valence-corrected chi connectivity index (χ4v) is 14.9. The molecule has 1 aliphatic carbocycles. The monoisotopic (exact) mass is 1150 g/mol. The molecular weight excluding hydrogens is 1080 g/mol. The van der Waals surface area contributed by atoms with Crippen LogP contribution in [0.25, 0.3) is 0 Å². The van der Waals surface area contributed by atoms with Crippen LogP contribution in [-0.4, -0.2) is 143 Å². The van der Waals surface area contributed by atoms with E-state index in [2.05, 4.69) is 80.3 Å². The van der Waals surface area contributed by atoms with Crippen molar-refractivity contribution in [3.8, 4) is 0 Å². The molecule has 3 fully saturated rings. The van der Waals surface area contributed by atoms with Crippen molar-refractivity contribution in [1.29, 1.82) is 0 Å². The second-order valence-electron chi connectivity index (χ2n) is 24.8. The molecule has 3 aromatic heterocycles. The largest absolute Gasteiger partial charge is 0.401 e. The lowest BCUT2D eigenvalue weighted by atomic mass is 9.89. The van der Waals surface area contributed by atoms with Gasteiger partial charge in [0.25, 0.3) is 23.3 Å². The van der Waals surface area contributed by atoms with Crippen LogP contribution in [0.15, 0.2) is 84.4 Å². The Bertz CT molecular complexity index is 3550. The number of aryl methyl sites for hydroxylation is 1. The van der Waals surface area contributed by atoms with Crippen molar-refractivity contribution in [3.05, 3.63) is 124 Å². The van der Waals surface area contributed by atoms with Gasteiger partial charge in [0.2, 0.25) is 5.91 Å². The van der Waals surface area contributed by atoms with E-state index < -0.39 is 37.2 Å². The van der Waals surface area contributed by atoms with Crippen LogP contribution in [0, 0.1) is 5.41 Å². The maximum atomic E-state index is 14.3. The van der Waals surface area contributed by atoms with Gasteiger partial charge < -0.3 is 54.3 Å². The molecule has 0 bridgehead atoms. The number of hydrogen-bond acceptors (Lipinski definition) is 14. The molecule has 23 heteroatoms. The van der Waals surface area contributed by atoms with Crippen LogP contribution in [0.5, 0.6) is 0 Å². The molecule has 440 valence electrons. The molecule has 6 N–H and O–H groups in total. The zero-order chi connectivity index (χ0) is 59.2. The molecule has 5 aliphatic heterocycles. The summed E-state index contributed by atoms with van der Waals surface area (Å²) >= 11 is 0. The van der Waals surface area contributed by atoms with Crippen LogP contribution in [0.3, 0.4) is 0 Å². The minimum atomic E-state index is -4.64. The zero-order valence-electron chi connectivity index (χ0n) is 48.5. The third-order valence-electron chi connectivity index (χ3n) is 17.9. The molecule has 11 rings (SSSR count). The Kier molecular flexibility index (Phi) is 15.1. The number of carbonyl (C=O) groups excluding carboxylic acids is 4. The fraction of sp³-hybridized carbons (Fsp3) is 0.483. The molecule has 6 aliphatic rings. The molecule has 8 heterocycles. The summed E-state index contributed by atoms with van der Waals surface area (Å²) in [7, 11) is -2.97. The highest BCUT2D eigenvalue weighted by Gasteiger charge is 2.45. The Labute approximate surface area is 483 Å². The van der Waals surface area contributed by atoms with Gasteiger partial charge >= 0.3 is 7.75 Å². The summed E-state index contributed by atoms with van der Waals surface area (Å²) in [4.78, 5) is 109. The van der Waals surface area contributed by atoms with Crippen molar-refractivity contribution in [1.82, 2.24) is 34.0 Å². The first-order valence-corrected chi connectivity index (χ1v) is 30.4. The van der Waals surface area contributed by atoms with E-state index in [1.54, 1.807) is 52.2 Å². The van der Waals surface area contributed by atoms with E-state index in [9.17, 15) is 43.4 Å². The number of piperidine rings is 2. The number of carbonyl (C=O) groups is 4. The Hall–Kier alpha value is -7.20. The average Bonchev–Trinajstić information content (AvgIpc) is 2.15. The Morgan fingerprint density at radius 3 is 2.34 bits per heavy atom. The van der Waals surface area contributed by atoms with Crippen LogP contribution in [0.1, 0.15) is 122 Å². The summed E-state index contributed by atoms with van der Waals surface area (Å²) in [5.41, 5.74) is 5.54. The fourth-order valence-electron chi connectivity index (χ4n) is 14.0. The first-order valence-electron chi connectivity index (χ1n) is 28.8. The first-order chi connectivity index (χ1) is 39.3. The number of aromatic nitrogens is 4. The average molecular weight is 1150 g/mol. The highest BCUT2D eigenvalue weighted by atomic mass is 31.2.